The van der Waals surface area contributed by atoms with Gasteiger partial charge in [-0.1, -0.05) is 75.2 Å². The molecule has 2 amide bonds. The van der Waals surface area contributed by atoms with Gasteiger partial charge in [-0.05, 0) is 48.1 Å². The van der Waals surface area contributed by atoms with E-state index in [-0.39, 0.29) is 24.3 Å². The minimum atomic E-state index is -3.81. The van der Waals surface area contributed by atoms with Gasteiger partial charge >= 0.3 is 0 Å². The third-order valence-electron chi connectivity index (χ3n) is 5.71. The van der Waals surface area contributed by atoms with E-state index in [0.717, 1.165) is 16.1 Å². The Bertz CT molecular complexity index is 1190. The number of nitrogens with zero attached hydrogens (tertiary/aromatic N) is 2. The van der Waals surface area contributed by atoms with Crippen molar-refractivity contribution in [2.75, 3.05) is 23.7 Å². The number of carbonyl (C=O) groups is 2. The summed E-state index contributed by atoms with van der Waals surface area (Å²) in [5.74, 6) is -0.609. The second-order valence-corrected chi connectivity index (χ2v) is 12.3. The van der Waals surface area contributed by atoms with Crippen molar-refractivity contribution in [3.05, 3.63) is 63.6 Å². The Morgan fingerprint density at radius 3 is 2.19 bits per heavy atom. The zero-order valence-corrected chi connectivity index (χ0v) is 23.9. The summed E-state index contributed by atoms with van der Waals surface area (Å²) in [6, 6.07) is 11.1. The van der Waals surface area contributed by atoms with Crippen LogP contribution in [-0.4, -0.2) is 50.5 Å². The maximum atomic E-state index is 13.7. The lowest BCUT2D eigenvalue weighted by atomic mass is 10.0. The molecule has 2 aromatic carbocycles. The van der Waals surface area contributed by atoms with E-state index < -0.39 is 28.5 Å². The van der Waals surface area contributed by atoms with E-state index in [9.17, 15) is 18.0 Å². The summed E-state index contributed by atoms with van der Waals surface area (Å²) in [4.78, 5) is 28.0. The molecule has 0 saturated heterocycles. The summed E-state index contributed by atoms with van der Waals surface area (Å²) in [5.41, 5.74) is 1.82. The highest BCUT2D eigenvalue weighted by atomic mass is 35.5. The molecular weight excluding hydrogens is 521 g/mol. The SMILES string of the molecule is CC(C)CNC(=O)C(C)N(Cc1ccc(Cl)cc1Cl)C(=O)CN(c1ccccc1C(C)C)S(C)(=O)=O. The fourth-order valence-corrected chi connectivity index (χ4v) is 5.00. The summed E-state index contributed by atoms with van der Waals surface area (Å²) < 4.78 is 26.8. The third kappa shape index (κ3) is 8.11. The van der Waals surface area contributed by atoms with E-state index in [4.69, 9.17) is 23.2 Å². The predicted octanol–water partition coefficient (Wildman–Crippen LogP) is 5.07. The van der Waals surface area contributed by atoms with E-state index in [0.29, 0.717) is 27.8 Å². The van der Waals surface area contributed by atoms with Crippen LogP contribution in [0.5, 0.6) is 0 Å². The number of hydrogen-bond acceptors (Lipinski definition) is 4. The Balaban J connectivity index is 2.47. The van der Waals surface area contributed by atoms with Crippen LogP contribution in [-0.2, 0) is 26.2 Å². The van der Waals surface area contributed by atoms with E-state index in [1.165, 1.54) is 4.90 Å². The van der Waals surface area contributed by atoms with Crippen LogP contribution in [0.25, 0.3) is 0 Å². The van der Waals surface area contributed by atoms with Crippen molar-refractivity contribution in [3.63, 3.8) is 0 Å². The zero-order chi connectivity index (χ0) is 27.2. The molecule has 0 aliphatic carbocycles. The minimum absolute atomic E-state index is 0.00846. The maximum absolute atomic E-state index is 13.7. The third-order valence-corrected chi connectivity index (χ3v) is 7.43. The fourth-order valence-electron chi connectivity index (χ4n) is 3.67. The molecule has 0 saturated carbocycles. The molecule has 0 radical (unpaired) electrons. The van der Waals surface area contributed by atoms with Gasteiger partial charge in [-0.25, -0.2) is 8.42 Å². The van der Waals surface area contributed by atoms with Crippen molar-refractivity contribution in [3.8, 4) is 0 Å². The summed E-state index contributed by atoms with van der Waals surface area (Å²) >= 11 is 12.4. The van der Waals surface area contributed by atoms with Gasteiger partial charge in [-0.2, -0.15) is 0 Å². The molecule has 2 aromatic rings. The monoisotopic (exact) mass is 555 g/mol. The van der Waals surface area contributed by atoms with Crippen molar-refractivity contribution < 1.29 is 18.0 Å². The van der Waals surface area contributed by atoms with Crippen LogP contribution in [0.4, 0.5) is 5.69 Å². The smallest absolute Gasteiger partial charge is 0.244 e. The second-order valence-electron chi connectivity index (χ2n) is 9.56. The number of nitrogens with one attached hydrogen (secondary N) is 1. The number of para-hydroxylation sites is 1. The Labute approximate surface area is 224 Å². The molecule has 0 aromatic heterocycles. The molecule has 0 heterocycles. The zero-order valence-electron chi connectivity index (χ0n) is 21.6. The molecule has 1 N–H and O–H groups in total. The van der Waals surface area contributed by atoms with Gasteiger partial charge in [0.2, 0.25) is 21.8 Å². The molecule has 1 unspecified atom stereocenters. The highest BCUT2D eigenvalue weighted by molar-refractivity contribution is 7.92. The van der Waals surface area contributed by atoms with Gasteiger partial charge in [0.25, 0.3) is 0 Å². The number of sulfonamides is 1. The van der Waals surface area contributed by atoms with Crippen LogP contribution in [0, 0.1) is 5.92 Å². The Hall–Kier alpha value is -2.29. The molecule has 198 valence electrons. The lowest BCUT2D eigenvalue weighted by Gasteiger charge is -2.32. The van der Waals surface area contributed by atoms with E-state index >= 15 is 0 Å². The molecule has 0 aliphatic rings. The number of halogens is 2. The predicted molar refractivity (Wildman–Crippen MR) is 147 cm³/mol. The minimum Gasteiger partial charge on any atom is -0.354 e. The second kappa shape index (κ2) is 12.8. The van der Waals surface area contributed by atoms with Gasteiger partial charge in [0.15, 0.2) is 0 Å². The largest absolute Gasteiger partial charge is 0.354 e. The number of hydrogen-bond donors (Lipinski definition) is 1. The van der Waals surface area contributed by atoms with Gasteiger partial charge < -0.3 is 10.2 Å². The normalized spacial score (nSPS) is 12.5. The lowest BCUT2D eigenvalue weighted by Crippen LogP contribution is -2.51. The Morgan fingerprint density at radius 1 is 1.00 bits per heavy atom. The fraction of sp³-hybridized carbons (Fsp3) is 0.462. The van der Waals surface area contributed by atoms with Gasteiger partial charge in [0, 0.05) is 23.1 Å². The van der Waals surface area contributed by atoms with Crippen molar-refractivity contribution >= 4 is 50.7 Å². The van der Waals surface area contributed by atoms with Crippen molar-refractivity contribution in [2.24, 2.45) is 5.92 Å². The molecule has 1 atom stereocenters. The van der Waals surface area contributed by atoms with Gasteiger partial charge in [0.1, 0.15) is 12.6 Å². The van der Waals surface area contributed by atoms with Crippen LogP contribution >= 0.6 is 23.2 Å². The first-order chi connectivity index (χ1) is 16.7. The number of rotatable bonds is 11. The molecule has 2 rings (SSSR count). The molecule has 0 spiro atoms. The average molecular weight is 557 g/mol. The first-order valence-electron chi connectivity index (χ1n) is 11.8. The first-order valence-corrected chi connectivity index (χ1v) is 14.4. The molecule has 0 bridgehead atoms. The maximum Gasteiger partial charge on any atom is 0.244 e. The molecule has 7 nitrogen and oxygen atoms in total. The number of benzene rings is 2. The summed E-state index contributed by atoms with van der Waals surface area (Å²) in [6.07, 6.45) is 1.07. The lowest BCUT2D eigenvalue weighted by molar-refractivity contribution is -0.139. The number of amides is 2. The number of anilines is 1. The van der Waals surface area contributed by atoms with E-state index in [1.807, 2.05) is 39.8 Å². The molecule has 10 heteroatoms. The highest BCUT2D eigenvalue weighted by Crippen LogP contribution is 2.29. The Morgan fingerprint density at radius 2 is 1.64 bits per heavy atom. The van der Waals surface area contributed by atoms with Crippen LogP contribution in [0.2, 0.25) is 10.0 Å². The molecule has 36 heavy (non-hydrogen) atoms. The van der Waals surface area contributed by atoms with Crippen molar-refractivity contribution in [1.29, 1.82) is 0 Å². The molecular formula is C26H35Cl2N3O4S. The van der Waals surface area contributed by atoms with Crippen LogP contribution in [0.3, 0.4) is 0 Å². The quantitative estimate of drug-likeness (QED) is 0.419. The van der Waals surface area contributed by atoms with Crippen molar-refractivity contribution in [2.45, 2.75) is 53.1 Å². The summed E-state index contributed by atoms with van der Waals surface area (Å²) in [5, 5.41) is 3.64. The molecule has 0 fully saturated rings. The number of carbonyl (C=O) groups excluding carboxylic acids is 2. The first kappa shape index (κ1) is 29.9. The van der Waals surface area contributed by atoms with Gasteiger partial charge in [-0.15, -0.1) is 0 Å². The average Bonchev–Trinajstić information content (AvgIpc) is 2.79. The van der Waals surface area contributed by atoms with Crippen LogP contribution in [0.1, 0.15) is 51.7 Å². The van der Waals surface area contributed by atoms with Gasteiger partial charge in [0.05, 0.1) is 11.9 Å². The van der Waals surface area contributed by atoms with E-state index in [1.54, 1.807) is 37.3 Å². The topological polar surface area (TPSA) is 86.8 Å². The van der Waals surface area contributed by atoms with Crippen LogP contribution < -0.4 is 9.62 Å². The van der Waals surface area contributed by atoms with Gasteiger partial charge in [-0.3, -0.25) is 13.9 Å². The summed E-state index contributed by atoms with van der Waals surface area (Å²) in [7, 11) is -3.81. The molecule has 0 aliphatic heterocycles. The van der Waals surface area contributed by atoms with E-state index in [2.05, 4.69) is 5.32 Å². The summed E-state index contributed by atoms with van der Waals surface area (Å²) in [6.45, 7) is 9.46. The Kier molecular flexibility index (Phi) is 10.6. The highest BCUT2D eigenvalue weighted by Gasteiger charge is 2.31. The van der Waals surface area contributed by atoms with Crippen molar-refractivity contribution in [1.82, 2.24) is 10.2 Å². The van der Waals surface area contributed by atoms with Crippen LogP contribution in [0.15, 0.2) is 42.5 Å². The standard InChI is InChI=1S/C26H35Cl2N3O4S/c1-17(2)14-29-26(33)19(5)30(15-20-11-12-21(27)13-23(20)28)25(32)16-31(36(6,34)35)24-10-8-7-9-22(24)18(3)4/h7-13,17-19H,14-16H2,1-6H3,(H,29,33).